The summed E-state index contributed by atoms with van der Waals surface area (Å²) in [6.45, 7) is 5.66. The van der Waals surface area contributed by atoms with Crippen LogP contribution >= 0.6 is 0 Å². The van der Waals surface area contributed by atoms with Crippen molar-refractivity contribution in [1.29, 1.82) is 0 Å². The SMILES string of the molecule is CNC(=O)OC1/C=C/C(O)CC(O)C(OC(C)(C)C)C1. The van der Waals surface area contributed by atoms with Gasteiger partial charge in [0.05, 0.1) is 23.9 Å². The molecule has 6 nitrogen and oxygen atoms in total. The van der Waals surface area contributed by atoms with Crippen molar-refractivity contribution in [3.8, 4) is 0 Å². The van der Waals surface area contributed by atoms with E-state index < -0.39 is 36.1 Å². The minimum absolute atomic E-state index is 0.198. The molecular formula is C14H25NO5. The summed E-state index contributed by atoms with van der Waals surface area (Å²) in [5.41, 5.74) is -0.433. The van der Waals surface area contributed by atoms with Gasteiger partial charge in [-0.3, -0.25) is 0 Å². The second-order valence-corrected chi connectivity index (χ2v) is 5.95. The first kappa shape index (κ1) is 16.9. The third kappa shape index (κ3) is 5.90. The van der Waals surface area contributed by atoms with Gasteiger partial charge in [-0.15, -0.1) is 0 Å². The number of carbonyl (C=O) groups excluding carboxylic acids is 1. The summed E-state index contributed by atoms with van der Waals surface area (Å²) in [5, 5.41) is 22.3. The number of aliphatic hydroxyl groups is 2. The van der Waals surface area contributed by atoms with Gasteiger partial charge < -0.3 is 25.0 Å². The average Bonchev–Trinajstić information content (AvgIpc) is 2.31. The molecule has 0 aromatic rings. The largest absolute Gasteiger partial charge is 0.442 e. The molecule has 0 spiro atoms. The number of aliphatic hydroxyl groups excluding tert-OH is 2. The molecule has 20 heavy (non-hydrogen) atoms. The molecule has 0 saturated heterocycles. The van der Waals surface area contributed by atoms with Crippen LogP contribution in [-0.2, 0) is 9.47 Å². The predicted octanol–water partition coefficient (Wildman–Crippen LogP) is 0.966. The molecule has 116 valence electrons. The molecule has 1 aliphatic carbocycles. The summed E-state index contributed by atoms with van der Waals surface area (Å²) in [6, 6.07) is 0. The maximum absolute atomic E-state index is 11.3. The fourth-order valence-electron chi connectivity index (χ4n) is 2.06. The number of alkyl carbamates (subject to hydrolysis) is 1. The van der Waals surface area contributed by atoms with E-state index in [9.17, 15) is 15.0 Å². The summed E-state index contributed by atoms with van der Waals surface area (Å²) in [4.78, 5) is 11.3. The molecule has 0 bridgehead atoms. The smallest absolute Gasteiger partial charge is 0.407 e. The second-order valence-electron chi connectivity index (χ2n) is 5.95. The van der Waals surface area contributed by atoms with E-state index in [1.54, 1.807) is 6.08 Å². The monoisotopic (exact) mass is 287 g/mol. The minimum Gasteiger partial charge on any atom is -0.442 e. The van der Waals surface area contributed by atoms with Crippen molar-refractivity contribution in [2.75, 3.05) is 7.05 Å². The molecule has 1 aliphatic rings. The van der Waals surface area contributed by atoms with Crippen molar-refractivity contribution in [3.05, 3.63) is 12.2 Å². The van der Waals surface area contributed by atoms with Gasteiger partial charge in [0.1, 0.15) is 6.10 Å². The number of amides is 1. The van der Waals surface area contributed by atoms with Gasteiger partial charge in [-0.05, 0) is 26.8 Å². The van der Waals surface area contributed by atoms with Gasteiger partial charge in [0.2, 0.25) is 0 Å². The third-order valence-electron chi connectivity index (χ3n) is 2.89. The predicted molar refractivity (Wildman–Crippen MR) is 74.3 cm³/mol. The Balaban J connectivity index is 2.82. The van der Waals surface area contributed by atoms with Crippen LogP contribution in [0.5, 0.6) is 0 Å². The molecule has 3 N–H and O–H groups in total. The van der Waals surface area contributed by atoms with Crippen LogP contribution in [0.2, 0.25) is 0 Å². The van der Waals surface area contributed by atoms with Crippen LogP contribution in [-0.4, -0.2) is 53.4 Å². The Kier molecular flexibility index (Phi) is 5.98. The van der Waals surface area contributed by atoms with Crippen LogP contribution in [0.15, 0.2) is 12.2 Å². The average molecular weight is 287 g/mol. The van der Waals surface area contributed by atoms with Crippen molar-refractivity contribution >= 4 is 6.09 Å². The number of nitrogens with one attached hydrogen (secondary N) is 1. The molecule has 0 aromatic carbocycles. The van der Waals surface area contributed by atoms with E-state index in [4.69, 9.17) is 9.47 Å². The van der Waals surface area contributed by atoms with E-state index >= 15 is 0 Å². The highest BCUT2D eigenvalue weighted by Gasteiger charge is 2.31. The van der Waals surface area contributed by atoms with Gasteiger partial charge in [0, 0.05) is 19.9 Å². The molecular weight excluding hydrogens is 262 g/mol. The van der Waals surface area contributed by atoms with Crippen molar-refractivity contribution in [2.24, 2.45) is 0 Å². The highest BCUT2D eigenvalue weighted by molar-refractivity contribution is 5.67. The molecule has 0 aromatic heterocycles. The minimum atomic E-state index is -0.815. The Bertz CT molecular complexity index is 350. The fraction of sp³-hybridized carbons (Fsp3) is 0.786. The van der Waals surface area contributed by atoms with Crippen molar-refractivity contribution < 1.29 is 24.5 Å². The summed E-state index contributed by atoms with van der Waals surface area (Å²) < 4.78 is 11.0. The van der Waals surface area contributed by atoms with Crippen LogP contribution < -0.4 is 5.32 Å². The van der Waals surface area contributed by atoms with Gasteiger partial charge >= 0.3 is 6.09 Å². The van der Waals surface area contributed by atoms with E-state index in [0.717, 1.165) is 0 Å². The zero-order valence-corrected chi connectivity index (χ0v) is 12.5. The molecule has 0 aliphatic heterocycles. The summed E-state index contributed by atoms with van der Waals surface area (Å²) in [7, 11) is 1.47. The highest BCUT2D eigenvalue weighted by Crippen LogP contribution is 2.23. The quantitative estimate of drug-likeness (QED) is 0.659. The maximum atomic E-state index is 11.3. The second kappa shape index (κ2) is 7.06. The standard InChI is InChI=1S/C14H25NO5/c1-14(2,3)20-12-8-10(19-13(18)15-4)6-5-9(16)7-11(12)17/h5-6,9-12,16-17H,7-8H2,1-4H3,(H,15,18)/b6-5+. The molecule has 6 heteroatoms. The zero-order valence-electron chi connectivity index (χ0n) is 12.5. The van der Waals surface area contributed by atoms with E-state index in [1.165, 1.54) is 13.1 Å². The first-order chi connectivity index (χ1) is 9.21. The first-order valence-electron chi connectivity index (χ1n) is 6.82. The van der Waals surface area contributed by atoms with Crippen LogP contribution in [0.3, 0.4) is 0 Å². The lowest BCUT2D eigenvalue weighted by Crippen LogP contribution is -2.42. The topological polar surface area (TPSA) is 88.0 Å². The lowest BCUT2D eigenvalue weighted by Gasteiger charge is -2.34. The van der Waals surface area contributed by atoms with Crippen molar-refractivity contribution in [2.45, 2.75) is 63.6 Å². The van der Waals surface area contributed by atoms with E-state index in [1.807, 2.05) is 20.8 Å². The highest BCUT2D eigenvalue weighted by atomic mass is 16.6. The van der Waals surface area contributed by atoms with Gasteiger partial charge in [-0.25, -0.2) is 4.79 Å². The Labute approximate surface area is 119 Å². The van der Waals surface area contributed by atoms with E-state index in [2.05, 4.69) is 5.32 Å². The summed E-state index contributed by atoms with van der Waals surface area (Å²) in [6.07, 6.45) is 0.487. The normalized spacial score (nSPS) is 32.9. The number of carbonyl (C=O) groups is 1. The van der Waals surface area contributed by atoms with Crippen LogP contribution in [0.25, 0.3) is 0 Å². The molecule has 0 saturated carbocycles. The van der Waals surface area contributed by atoms with Gasteiger partial charge in [-0.1, -0.05) is 6.08 Å². The third-order valence-corrected chi connectivity index (χ3v) is 2.89. The fourth-order valence-corrected chi connectivity index (χ4v) is 2.06. The molecule has 0 fully saturated rings. The van der Waals surface area contributed by atoms with Gasteiger partial charge in [0.25, 0.3) is 0 Å². The lowest BCUT2D eigenvalue weighted by atomic mass is 9.96. The van der Waals surface area contributed by atoms with Gasteiger partial charge in [-0.2, -0.15) is 0 Å². The van der Waals surface area contributed by atoms with Crippen LogP contribution in [0.4, 0.5) is 4.79 Å². The van der Waals surface area contributed by atoms with Crippen molar-refractivity contribution in [3.63, 3.8) is 0 Å². The van der Waals surface area contributed by atoms with E-state index in [-0.39, 0.29) is 6.42 Å². The maximum Gasteiger partial charge on any atom is 0.407 e. The number of hydrogen-bond donors (Lipinski definition) is 3. The molecule has 4 atom stereocenters. The van der Waals surface area contributed by atoms with Crippen molar-refractivity contribution in [1.82, 2.24) is 5.32 Å². The first-order valence-corrected chi connectivity index (χ1v) is 6.82. The number of hydrogen-bond acceptors (Lipinski definition) is 5. The summed E-state index contributed by atoms with van der Waals surface area (Å²) in [5.74, 6) is 0. The van der Waals surface area contributed by atoms with E-state index in [0.29, 0.717) is 6.42 Å². The Morgan fingerprint density at radius 3 is 2.45 bits per heavy atom. The molecule has 1 rings (SSSR count). The zero-order chi connectivity index (χ0) is 15.3. The Morgan fingerprint density at radius 2 is 1.90 bits per heavy atom. The Hall–Kier alpha value is -1.11. The van der Waals surface area contributed by atoms with Crippen LogP contribution in [0.1, 0.15) is 33.6 Å². The summed E-state index contributed by atoms with van der Waals surface area (Å²) >= 11 is 0. The lowest BCUT2D eigenvalue weighted by molar-refractivity contribution is -0.129. The molecule has 1 amide bonds. The molecule has 4 unspecified atom stereocenters. The number of ether oxygens (including phenoxy) is 2. The van der Waals surface area contributed by atoms with Crippen LogP contribution in [0, 0.1) is 0 Å². The molecule has 0 heterocycles. The Morgan fingerprint density at radius 1 is 1.25 bits per heavy atom. The number of rotatable bonds is 2. The van der Waals surface area contributed by atoms with Gasteiger partial charge in [0.15, 0.2) is 0 Å². The molecule has 0 radical (unpaired) electrons.